The number of aromatic nitrogens is 2. The van der Waals surface area contributed by atoms with Crippen LogP contribution in [0.1, 0.15) is 32.6 Å². The maximum atomic E-state index is 6.08. The van der Waals surface area contributed by atoms with Gasteiger partial charge in [-0.05, 0) is 55.3 Å². The van der Waals surface area contributed by atoms with Crippen molar-refractivity contribution in [1.29, 1.82) is 0 Å². The van der Waals surface area contributed by atoms with Gasteiger partial charge in [0, 0.05) is 18.5 Å². The van der Waals surface area contributed by atoms with Crippen LogP contribution in [0, 0.1) is 5.92 Å². The Hall–Kier alpha value is -1.35. The lowest BCUT2D eigenvalue weighted by Gasteiger charge is -2.34. The summed E-state index contributed by atoms with van der Waals surface area (Å²) in [7, 11) is 2.13. The Morgan fingerprint density at radius 2 is 1.80 bits per heavy atom. The van der Waals surface area contributed by atoms with Crippen molar-refractivity contribution in [2.45, 2.75) is 38.6 Å². The van der Waals surface area contributed by atoms with Crippen molar-refractivity contribution in [2.24, 2.45) is 5.92 Å². The molecule has 3 nitrogen and oxygen atoms in total. The summed E-state index contributed by atoms with van der Waals surface area (Å²) in [6.07, 6.45) is 5.05. The Kier molecular flexibility index (Phi) is 3.79. The van der Waals surface area contributed by atoms with E-state index in [1.807, 2.05) is 18.2 Å². The number of para-hydroxylation sites is 1. The maximum Gasteiger partial charge on any atom is 0.224 e. The van der Waals surface area contributed by atoms with E-state index in [1.54, 1.807) is 0 Å². The third-order valence-corrected chi connectivity index (χ3v) is 4.59. The largest absolute Gasteiger partial charge is 0.356 e. The second-order valence-corrected chi connectivity index (χ2v) is 6.20. The zero-order valence-corrected chi connectivity index (χ0v) is 12.8. The Labute approximate surface area is 125 Å². The maximum absolute atomic E-state index is 6.08. The highest BCUT2D eigenvalue weighted by Gasteiger charge is 2.24. The minimum absolute atomic E-state index is 0.328. The molecular formula is C16H20ClN3. The topological polar surface area (TPSA) is 29.0 Å². The molecule has 1 saturated carbocycles. The van der Waals surface area contributed by atoms with Gasteiger partial charge in [-0.15, -0.1) is 0 Å². The Bertz CT molecular complexity index is 606. The summed E-state index contributed by atoms with van der Waals surface area (Å²) >= 11 is 6.08. The van der Waals surface area contributed by atoms with E-state index in [-0.39, 0.29) is 0 Å². The quantitative estimate of drug-likeness (QED) is 0.772. The second kappa shape index (κ2) is 5.57. The summed E-state index contributed by atoms with van der Waals surface area (Å²) in [5.74, 6) is 1.81. The van der Waals surface area contributed by atoms with Crippen molar-refractivity contribution in [1.82, 2.24) is 9.97 Å². The Morgan fingerprint density at radius 1 is 1.10 bits per heavy atom. The van der Waals surface area contributed by atoms with Crippen molar-refractivity contribution in [3.63, 3.8) is 0 Å². The van der Waals surface area contributed by atoms with Gasteiger partial charge >= 0.3 is 0 Å². The van der Waals surface area contributed by atoms with Gasteiger partial charge in [-0.1, -0.05) is 19.1 Å². The van der Waals surface area contributed by atoms with Crippen LogP contribution in [0.5, 0.6) is 0 Å². The molecule has 1 aliphatic carbocycles. The van der Waals surface area contributed by atoms with Crippen LogP contribution in [-0.4, -0.2) is 23.1 Å². The fraction of sp³-hybridized carbons (Fsp3) is 0.500. The minimum Gasteiger partial charge on any atom is -0.356 e. The molecule has 0 N–H and O–H groups in total. The molecule has 3 rings (SSSR count). The normalized spacial score (nSPS) is 22.9. The van der Waals surface area contributed by atoms with Crippen LogP contribution in [0.25, 0.3) is 10.9 Å². The summed E-state index contributed by atoms with van der Waals surface area (Å²) in [5.41, 5.74) is 0.915. The predicted octanol–water partition coefficient (Wildman–Crippen LogP) is 4.30. The van der Waals surface area contributed by atoms with Gasteiger partial charge in [0.2, 0.25) is 5.28 Å². The molecule has 1 fully saturated rings. The third-order valence-electron chi connectivity index (χ3n) is 4.42. The third kappa shape index (κ3) is 2.59. The molecule has 1 aromatic carbocycles. The summed E-state index contributed by atoms with van der Waals surface area (Å²) in [4.78, 5) is 11.1. The molecule has 0 unspecified atom stereocenters. The first-order valence-corrected chi connectivity index (χ1v) is 7.68. The smallest absolute Gasteiger partial charge is 0.224 e. The van der Waals surface area contributed by atoms with E-state index in [0.29, 0.717) is 11.3 Å². The van der Waals surface area contributed by atoms with Gasteiger partial charge in [0.15, 0.2) is 0 Å². The van der Waals surface area contributed by atoms with Gasteiger partial charge in [0.1, 0.15) is 5.82 Å². The fourth-order valence-corrected chi connectivity index (χ4v) is 3.27. The highest BCUT2D eigenvalue weighted by Crippen LogP contribution is 2.32. The first-order chi connectivity index (χ1) is 9.65. The van der Waals surface area contributed by atoms with E-state index in [2.05, 4.69) is 34.9 Å². The van der Waals surface area contributed by atoms with Crippen molar-refractivity contribution < 1.29 is 0 Å². The number of halogens is 1. The fourth-order valence-electron chi connectivity index (χ4n) is 3.10. The second-order valence-electron chi connectivity index (χ2n) is 5.86. The van der Waals surface area contributed by atoms with E-state index >= 15 is 0 Å². The Morgan fingerprint density at radius 3 is 2.55 bits per heavy atom. The van der Waals surface area contributed by atoms with Crippen LogP contribution in [0.2, 0.25) is 5.28 Å². The lowest BCUT2D eigenvalue weighted by Crippen LogP contribution is -2.35. The van der Waals surface area contributed by atoms with Crippen LogP contribution in [0.15, 0.2) is 24.3 Å². The van der Waals surface area contributed by atoms with Gasteiger partial charge < -0.3 is 4.90 Å². The number of rotatable bonds is 2. The van der Waals surface area contributed by atoms with Crippen molar-refractivity contribution >= 4 is 28.3 Å². The molecule has 20 heavy (non-hydrogen) atoms. The molecule has 1 aliphatic rings. The molecule has 0 amide bonds. The zero-order valence-electron chi connectivity index (χ0n) is 12.0. The van der Waals surface area contributed by atoms with E-state index in [4.69, 9.17) is 11.6 Å². The molecule has 0 atom stereocenters. The first-order valence-electron chi connectivity index (χ1n) is 7.30. The lowest BCUT2D eigenvalue weighted by molar-refractivity contribution is 0.340. The lowest BCUT2D eigenvalue weighted by atomic mass is 9.87. The Balaban J connectivity index is 1.96. The van der Waals surface area contributed by atoms with Gasteiger partial charge in [0.05, 0.1) is 5.52 Å². The zero-order chi connectivity index (χ0) is 14.1. The van der Waals surface area contributed by atoms with Gasteiger partial charge in [0.25, 0.3) is 0 Å². The SMILES string of the molecule is CN(c1nc(Cl)nc2ccccc12)[C@H]1CC[C@@H](C)CC1. The van der Waals surface area contributed by atoms with Crippen molar-refractivity contribution in [3.8, 4) is 0 Å². The van der Waals surface area contributed by atoms with Crippen LogP contribution >= 0.6 is 11.6 Å². The van der Waals surface area contributed by atoms with Crippen LogP contribution in [-0.2, 0) is 0 Å². The molecule has 1 heterocycles. The van der Waals surface area contributed by atoms with E-state index in [1.165, 1.54) is 25.7 Å². The summed E-state index contributed by atoms with van der Waals surface area (Å²) in [6, 6.07) is 8.63. The average molecular weight is 290 g/mol. The number of hydrogen-bond donors (Lipinski definition) is 0. The molecule has 0 radical (unpaired) electrons. The van der Waals surface area contributed by atoms with E-state index in [0.717, 1.165) is 22.6 Å². The molecule has 0 saturated heterocycles. The average Bonchev–Trinajstić information content (AvgIpc) is 2.46. The summed E-state index contributed by atoms with van der Waals surface area (Å²) < 4.78 is 0. The van der Waals surface area contributed by atoms with Crippen molar-refractivity contribution in [3.05, 3.63) is 29.5 Å². The molecular weight excluding hydrogens is 270 g/mol. The number of hydrogen-bond acceptors (Lipinski definition) is 3. The van der Waals surface area contributed by atoms with Gasteiger partial charge in [-0.2, -0.15) is 4.98 Å². The van der Waals surface area contributed by atoms with Gasteiger partial charge in [-0.3, -0.25) is 0 Å². The van der Waals surface area contributed by atoms with Crippen LogP contribution in [0.3, 0.4) is 0 Å². The monoisotopic (exact) mass is 289 g/mol. The van der Waals surface area contributed by atoms with E-state index in [9.17, 15) is 0 Å². The molecule has 0 bridgehead atoms. The highest BCUT2D eigenvalue weighted by molar-refractivity contribution is 6.28. The van der Waals surface area contributed by atoms with Crippen LogP contribution in [0.4, 0.5) is 5.82 Å². The van der Waals surface area contributed by atoms with Crippen molar-refractivity contribution in [2.75, 3.05) is 11.9 Å². The summed E-state index contributed by atoms with van der Waals surface area (Å²) in [6.45, 7) is 2.34. The molecule has 2 aromatic rings. The minimum atomic E-state index is 0.328. The number of nitrogens with zero attached hydrogens (tertiary/aromatic N) is 3. The predicted molar refractivity (Wildman–Crippen MR) is 84.4 cm³/mol. The van der Waals surface area contributed by atoms with Crippen LogP contribution < -0.4 is 4.90 Å². The number of fused-ring (bicyclic) bond motifs is 1. The number of anilines is 1. The standard InChI is InChI=1S/C16H20ClN3/c1-11-7-9-12(10-8-11)20(2)15-13-5-3-4-6-14(13)18-16(17)19-15/h3-6,11-12H,7-10H2,1-2H3/t11-,12+. The molecule has 1 aromatic heterocycles. The molecule has 4 heteroatoms. The molecule has 106 valence electrons. The van der Waals surface area contributed by atoms with E-state index < -0.39 is 0 Å². The summed E-state index contributed by atoms with van der Waals surface area (Å²) in [5, 5.41) is 1.41. The molecule has 0 spiro atoms. The molecule has 0 aliphatic heterocycles. The highest BCUT2D eigenvalue weighted by atomic mass is 35.5. The number of benzene rings is 1. The first kappa shape index (κ1) is 13.6. The van der Waals surface area contributed by atoms with Gasteiger partial charge in [-0.25, -0.2) is 4.98 Å².